The molecule has 0 spiro atoms. The van der Waals surface area contributed by atoms with Gasteiger partial charge in [0.15, 0.2) is 5.72 Å². The van der Waals surface area contributed by atoms with E-state index in [0.29, 0.717) is 21.3 Å². The minimum absolute atomic E-state index is 0.228. The number of benzene rings is 1. The maximum absolute atomic E-state index is 12.8. The van der Waals surface area contributed by atoms with Gasteiger partial charge >= 0.3 is 0 Å². The van der Waals surface area contributed by atoms with Gasteiger partial charge in [-0.05, 0) is 23.8 Å². The van der Waals surface area contributed by atoms with E-state index in [2.05, 4.69) is 4.98 Å². The highest BCUT2D eigenvalue weighted by Crippen LogP contribution is 2.42. The van der Waals surface area contributed by atoms with Crippen LogP contribution in [0, 0.1) is 5.92 Å². The standard InChI is InChI=1S/C17H16Cl2N2O2/c1-10(2)17(23)15-14(7-13(19)8-20-15)16(22)21(17)9-11-3-5-12(18)6-4-11/h3-8,10,23H,9H2,1-2H3. The van der Waals surface area contributed by atoms with Gasteiger partial charge in [0.2, 0.25) is 0 Å². The molecule has 0 radical (unpaired) electrons. The lowest BCUT2D eigenvalue weighted by Gasteiger charge is -2.37. The summed E-state index contributed by atoms with van der Waals surface area (Å²) in [5.74, 6) is -0.505. The molecule has 1 unspecified atom stereocenters. The van der Waals surface area contributed by atoms with E-state index in [0.717, 1.165) is 5.56 Å². The molecular weight excluding hydrogens is 335 g/mol. The summed E-state index contributed by atoms with van der Waals surface area (Å²) < 4.78 is 0. The summed E-state index contributed by atoms with van der Waals surface area (Å²) in [5, 5.41) is 12.2. The van der Waals surface area contributed by atoms with Crippen molar-refractivity contribution in [1.82, 2.24) is 9.88 Å². The minimum atomic E-state index is -1.46. The molecule has 6 heteroatoms. The third-order valence-electron chi connectivity index (χ3n) is 4.15. The maximum Gasteiger partial charge on any atom is 0.258 e. The van der Waals surface area contributed by atoms with Crippen LogP contribution in [0.2, 0.25) is 10.0 Å². The Morgan fingerprint density at radius 2 is 1.87 bits per heavy atom. The fourth-order valence-electron chi connectivity index (χ4n) is 2.87. The van der Waals surface area contributed by atoms with Crippen molar-refractivity contribution >= 4 is 29.1 Å². The fourth-order valence-corrected chi connectivity index (χ4v) is 3.16. The molecule has 0 fully saturated rings. The molecule has 1 atom stereocenters. The van der Waals surface area contributed by atoms with E-state index in [4.69, 9.17) is 23.2 Å². The number of aliphatic hydroxyl groups is 1. The van der Waals surface area contributed by atoms with Crippen molar-refractivity contribution in [2.45, 2.75) is 26.1 Å². The number of rotatable bonds is 3. The second-order valence-electron chi connectivity index (χ2n) is 5.95. The van der Waals surface area contributed by atoms with E-state index in [1.165, 1.54) is 11.1 Å². The third-order valence-corrected chi connectivity index (χ3v) is 4.61. The van der Waals surface area contributed by atoms with E-state index < -0.39 is 5.72 Å². The number of aromatic nitrogens is 1. The molecule has 0 aliphatic carbocycles. The molecule has 2 aromatic rings. The Bertz CT molecular complexity index is 762. The minimum Gasteiger partial charge on any atom is -0.365 e. The highest BCUT2D eigenvalue weighted by atomic mass is 35.5. The Morgan fingerprint density at radius 3 is 2.48 bits per heavy atom. The summed E-state index contributed by atoms with van der Waals surface area (Å²) in [6, 6.07) is 8.74. The average Bonchev–Trinajstić information content (AvgIpc) is 2.72. The highest BCUT2D eigenvalue weighted by molar-refractivity contribution is 6.31. The molecule has 0 bridgehead atoms. The van der Waals surface area contributed by atoms with Crippen molar-refractivity contribution in [2.24, 2.45) is 5.92 Å². The fraction of sp³-hybridized carbons (Fsp3) is 0.294. The van der Waals surface area contributed by atoms with Gasteiger partial charge < -0.3 is 10.0 Å². The van der Waals surface area contributed by atoms with Crippen LogP contribution >= 0.6 is 23.2 Å². The molecule has 2 heterocycles. The summed E-state index contributed by atoms with van der Waals surface area (Å²) in [6.07, 6.45) is 1.45. The maximum atomic E-state index is 12.8. The molecule has 3 rings (SSSR count). The summed E-state index contributed by atoms with van der Waals surface area (Å²) in [4.78, 5) is 18.4. The molecule has 120 valence electrons. The quantitative estimate of drug-likeness (QED) is 0.914. The van der Waals surface area contributed by atoms with Gasteiger partial charge in [-0.2, -0.15) is 0 Å². The monoisotopic (exact) mass is 350 g/mol. The first-order chi connectivity index (χ1) is 10.8. The van der Waals surface area contributed by atoms with Gasteiger partial charge in [0.05, 0.1) is 10.6 Å². The lowest BCUT2D eigenvalue weighted by Crippen LogP contribution is -2.47. The second-order valence-corrected chi connectivity index (χ2v) is 6.82. The van der Waals surface area contributed by atoms with Crippen molar-refractivity contribution in [1.29, 1.82) is 0 Å². The lowest BCUT2D eigenvalue weighted by molar-refractivity contribution is -0.125. The third kappa shape index (κ3) is 2.61. The molecule has 1 aromatic carbocycles. The van der Waals surface area contributed by atoms with Crippen LogP contribution in [0.3, 0.4) is 0 Å². The van der Waals surface area contributed by atoms with Crippen LogP contribution in [0.25, 0.3) is 0 Å². The van der Waals surface area contributed by atoms with Gasteiger partial charge in [-0.1, -0.05) is 49.2 Å². The van der Waals surface area contributed by atoms with Crippen molar-refractivity contribution in [3.05, 3.63) is 63.4 Å². The zero-order valence-corrected chi connectivity index (χ0v) is 14.3. The largest absolute Gasteiger partial charge is 0.365 e. The van der Waals surface area contributed by atoms with Crippen LogP contribution in [0.5, 0.6) is 0 Å². The van der Waals surface area contributed by atoms with Gasteiger partial charge in [-0.25, -0.2) is 0 Å². The average molecular weight is 351 g/mol. The van der Waals surface area contributed by atoms with E-state index in [1.807, 2.05) is 26.0 Å². The summed E-state index contributed by atoms with van der Waals surface area (Å²) in [5.41, 5.74) is 0.121. The first-order valence-corrected chi connectivity index (χ1v) is 8.04. The summed E-state index contributed by atoms with van der Waals surface area (Å²) in [7, 11) is 0. The van der Waals surface area contributed by atoms with Crippen LogP contribution < -0.4 is 0 Å². The SMILES string of the molecule is CC(C)C1(O)c2ncc(Cl)cc2C(=O)N1Cc1ccc(Cl)cc1. The number of pyridine rings is 1. The zero-order valence-electron chi connectivity index (χ0n) is 12.8. The molecule has 0 saturated heterocycles. The molecule has 1 aliphatic heterocycles. The van der Waals surface area contributed by atoms with Crippen LogP contribution in [-0.2, 0) is 12.3 Å². The molecule has 1 N–H and O–H groups in total. The molecule has 1 amide bonds. The Balaban J connectivity index is 2.05. The number of amides is 1. The molecule has 1 aliphatic rings. The number of nitrogens with zero attached hydrogens (tertiary/aromatic N) is 2. The number of carbonyl (C=O) groups excluding carboxylic acids is 1. The smallest absolute Gasteiger partial charge is 0.258 e. The van der Waals surface area contributed by atoms with Crippen molar-refractivity contribution in [3.63, 3.8) is 0 Å². The number of hydrogen-bond donors (Lipinski definition) is 1. The molecular formula is C17H16Cl2N2O2. The van der Waals surface area contributed by atoms with Crippen LogP contribution in [0.15, 0.2) is 36.5 Å². The van der Waals surface area contributed by atoms with Gasteiger partial charge in [-0.3, -0.25) is 9.78 Å². The van der Waals surface area contributed by atoms with E-state index in [1.54, 1.807) is 18.2 Å². The van der Waals surface area contributed by atoms with E-state index in [9.17, 15) is 9.90 Å². The van der Waals surface area contributed by atoms with Crippen LogP contribution in [0.4, 0.5) is 0 Å². The topological polar surface area (TPSA) is 53.4 Å². The van der Waals surface area contributed by atoms with E-state index in [-0.39, 0.29) is 18.4 Å². The summed E-state index contributed by atoms with van der Waals surface area (Å²) in [6.45, 7) is 3.97. The lowest BCUT2D eigenvalue weighted by atomic mass is 9.95. The zero-order chi connectivity index (χ0) is 16.8. The van der Waals surface area contributed by atoms with Crippen LogP contribution in [0.1, 0.15) is 35.5 Å². The number of halogens is 2. The van der Waals surface area contributed by atoms with Gasteiger partial charge in [0.1, 0.15) is 5.69 Å². The highest BCUT2D eigenvalue weighted by Gasteiger charge is 2.51. The van der Waals surface area contributed by atoms with Gasteiger partial charge in [0.25, 0.3) is 5.91 Å². The predicted octanol–water partition coefficient (Wildman–Crippen LogP) is 3.85. The Labute approximate surface area is 144 Å². The van der Waals surface area contributed by atoms with Gasteiger partial charge in [0, 0.05) is 23.7 Å². The van der Waals surface area contributed by atoms with Crippen LogP contribution in [-0.4, -0.2) is 20.9 Å². The first-order valence-electron chi connectivity index (χ1n) is 7.29. The molecule has 23 heavy (non-hydrogen) atoms. The van der Waals surface area contributed by atoms with Gasteiger partial charge in [-0.15, -0.1) is 0 Å². The predicted molar refractivity (Wildman–Crippen MR) is 89.3 cm³/mol. The van der Waals surface area contributed by atoms with Crippen molar-refractivity contribution in [3.8, 4) is 0 Å². The summed E-state index contributed by atoms with van der Waals surface area (Å²) >= 11 is 11.9. The Hall–Kier alpha value is -1.62. The molecule has 0 saturated carbocycles. The van der Waals surface area contributed by atoms with Crippen molar-refractivity contribution < 1.29 is 9.90 Å². The molecule has 1 aromatic heterocycles. The van der Waals surface area contributed by atoms with E-state index >= 15 is 0 Å². The van der Waals surface area contributed by atoms with Crippen molar-refractivity contribution in [2.75, 3.05) is 0 Å². The molecule has 4 nitrogen and oxygen atoms in total. The Morgan fingerprint density at radius 1 is 1.22 bits per heavy atom. The Kier molecular flexibility index (Phi) is 4.08. The first kappa shape index (κ1) is 16.2. The number of hydrogen-bond acceptors (Lipinski definition) is 3. The number of fused-ring (bicyclic) bond motifs is 1. The normalized spacial score (nSPS) is 20.3. The second kappa shape index (κ2) is 5.78. The number of carbonyl (C=O) groups is 1.